The molecule has 0 bridgehead atoms. The van der Waals surface area contributed by atoms with Crippen molar-refractivity contribution in [3.8, 4) is 0 Å². The number of aromatic amines is 1. The van der Waals surface area contributed by atoms with Gasteiger partial charge in [0, 0.05) is 30.6 Å². The Morgan fingerprint density at radius 1 is 1.28 bits per heavy atom. The zero-order valence-corrected chi connectivity index (χ0v) is 15.3. The fourth-order valence-electron chi connectivity index (χ4n) is 3.48. The topological polar surface area (TPSA) is 84.8 Å². The average molecular weight is 395 g/mol. The van der Waals surface area contributed by atoms with E-state index >= 15 is 0 Å². The molecule has 2 N–H and O–H groups in total. The number of ether oxygens (including phenoxy) is 1. The summed E-state index contributed by atoms with van der Waals surface area (Å²) in [4.78, 5) is 12.6. The molecule has 0 saturated heterocycles. The fraction of sp³-hybridized carbons (Fsp3) is 0.150. The number of fused-ring (bicyclic) bond motifs is 2. The highest BCUT2D eigenvalue weighted by molar-refractivity contribution is 6.07. The first-order chi connectivity index (χ1) is 14.0. The molecule has 0 aliphatic carbocycles. The van der Waals surface area contributed by atoms with Gasteiger partial charge in [-0.25, -0.2) is 8.78 Å². The first kappa shape index (κ1) is 17.4. The van der Waals surface area contributed by atoms with Gasteiger partial charge in [0.25, 0.3) is 5.91 Å². The van der Waals surface area contributed by atoms with Crippen molar-refractivity contribution in [2.24, 2.45) is 7.05 Å². The molecule has 2 aromatic carbocycles. The minimum Gasteiger partial charge on any atom is -0.491 e. The predicted octanol–water partition coefficient (Wildman–Crippen LogP) is 3.74. The summed E-state index contributed by atoms with van der Waals surface area (Å²) < 4.78 is 36.2. The van der Waals surface area contributed by atoms with E-state index in [1.807, 2.05) is 6.08 Å². The molecule has 3 heterocycles. The summed E-state index contributed by atoms with van der Waals surface area (Å²) in [5, 5.41) is 14.5. The van der Waals surface area contributed by atoms with Crippen LogP contribution in [0.15, 0.2) is 36.5 Å². The monoisotopic (exact) mass is 395 g/mol. The molecule has 0 unspecified atom stereocenters. The van der Waals surface area contributed by atoms with E-state index < -0.39 is 23.1 Å². The highest BCUT2D eigenvalue weighted by atomic mass is 19.1. The number of hydrogen-bond acceptors (Lipinski definition) is 4. The molecular formula is C20H15F2N5O2. The molecule has 0 radical (unpaired) electrons. The van der Waals surface area contributed by atoms with E-state index in [1.165, 1.54) is 10.9 Å². The molecule has 7 nitrogen and oxygen atoms in total. The molecule has 1 aliphatic heterocycles. The van der Waals surface area contributed by atoms with Crippen LogP contribution in [0.5, 0.6) is 0 Å². The Balaban J connectivity index is 1.52. The van der Waals surface area contributed by atoms with Crippen molar-refractivity contribution in [1.82, 2.24) is 20.0 Å². The molecule has 1 aliphatic rings. The normalized spacial score (nSPS) is 13.7. The Bertz CT molecular complexity index is 1320. The zero-order chi connectivity index (χ0) is 20.1. The molecule has 1 amide bonds. The minimum absolute atomic E-state index is 0.0805. The predicted molar refractivity (Wildman–Crippen MR) is 103 cm³/mol. The third kappa shape index (κ3) is 2.74. The maximum atomic E-state index is 14.8. The first-order valence-corrected chi connectivity index (χ1v) is 8.95. The van der Waals surface area contributed by atoms with E-state index in [9.17, 15) is 13.6 Å². The van der Waals surface area contributed by atoms with E-state index in [0.29, 0.717) is 23.7 Å². The van der Waals surface area contributed by atoms with Crippen LogP contribution in [-0.2, 0) is 11.8 Å². The number of halogens is 2. The summed E-state index contributed by atoms with van der Waals surface area (Å²) in [5.74, 6) is -2.11. The van der Waals surface area contributed by atoms with Gasteiger partial charge in [-0.1, -0.05) is 0 Å². The number of amides is 1. The Morgan fingerprint density at radius 3 is 2.93 bits per heavy atom. The molecule has 146 valence electrons. The SMILES string of the molecule is Cn1ncc2c(F)c(C(=O)Nc3ccc4[nH]nc(C5=CCCO5)c4c3)c(F)cc21. The Hall–Kier alpha value is -3.75. The number of nitrogens with one attached hydrogen (secondary N) is 2. The largest absolute Gasteiger partial charge is 0.491 e. The van der Waals surface area contributed by atoms with E-state index in [0.717, 1.165) is 23.4 Å². The second-order valence-corrected chi connectivity index (χ2v) is 6.74. The van der Waals surface area contributed by atoms with Gasteiger partial charge in [0.15, 0.2) is 0 Å². The molecule has 2 aromatic heterocycles. The van der Waals surface area contributed by atoms with Crippen LogP contribution in [-0.4, -0.2) is 32.5 Å². The fourth-order valence-corrected chi connectivity index (χ4v) is 3.48. The Morgan fingerprint density at radius 2 is 2.14 bits per heavy atom. The molecule has 9 heteroatoms. The van der Waals surface area contributed by atoms with E-state index in [4.69, 9.17) is 4.74 Å². The van der Waals surface area contributed by atoms with E-state index in [2.05, 4.69) is 20.6 Å². The van der Waals surface area contributed by atoms with Gasteiger partial charge in [-0.15, -0.1) is 0 Å². The van der Waals surface area contributed by atoms with Crippen molar-refractivity contribution in [1.29, 1.82) is 0 Å². The Kier molecular flexibility index (Phi) is 3.83. The van der Waals surface area contributed by atoms with E-state index in [1.54, 1.807) is 25.2 Å². The lowest BCUT2D eigenvalue weighted by atomic mass is 10.1. The van der Waals surface area contributed by atoms with Gasteiger partial charge >= 0.3 is 0 Å². The number of aryl methyl sites for hydroxylation is 1. The van der Waals surface area contributed by atoms with Crippen LogP contribution < -0.4 is 5.32 Å². The second kappa shape index (κ2) is 6.40. The van der Waals surface area contributed by atoms with Gasteiger partial charge in [-0.2, -0.15) is 10.2 Å². The van der Waals surface area contributed by atoms with Crippen LogP contribution in [0.2, 0.25) is 0 Å². The van der Waals surface area contributed by atoms with E-state index in [-0.39, 0.29) is 10.9 Å². The molecule has 0 fully saturated rings. The lowest BCUT2D eigenvalue weighted by molar-refractivity contribution is 0.101. The quantitative estimate of drug-likeness (QED) is 0.553. The maximum absolute atomic E-state index is 14.8. The third-order valence-corrected chi connectivity index (χ3v) is 4.93. The summed E-state index contributed by atoms with van der Waals surface area (Å²) in [7, 11) is 1.57. The van der Waals surface area contributed by atoms with Gasteiger partial charge in [0.1, 0.15) is 28.7 Å². The van der Waals surface area contributed by atoms with Gasteiger partial charge in [-0.05, 0) is 24.3 Å². The summed E-state index contributed by atoms with van der Waals surface area (Å²) in [6.07, 6.45) is 4.00. The number of carbonyl (C=O) groups is 1. The molecular weight excluding hydrogens is 380 g/mol. The summed E-state index contributed by atoms with van der Waals surface area (Å²) in [5.41, 5.74) is 1.38. The second-order valence-electron chi connectivity index (χ2n) is 6.74. The number of nitrogens with zero attached hydrogens (tertiary/aromatic N) is 3. The molecule has 0 atom stereocenters. The molecule has 29 heavy (non-hydrogen) atoms. The zero-order valence-electron chi connectivity index (χ0n) is 15.3. The lowest BCUT2D eigenvalue weighted by Gasteiger charge is -2.09. The van der Waals surface area contributed by atoms with Crippen molar-refractivity contribution in [2.45, 2.75) is 6.42 Å². The van der Waals surface area contributed by atoms with Gasteiger partial charge in [0.2, 0.25) is 0 Å². The van der Waals surface area contributed by atoms with Crippen LogP contribution >= 0.6 is 0 Å². The molecule has 0 spiro atoms. The van der Waals surface area contributed by atoms with Crippen molar-refractivity contribution in [2.75, 3.05) is 11.9 Å². The molecule has 5 rings (SSSR count). The number of hydrogen-bond donors (Lipinski definition) is 2. The Labute approximate surface area is 163 Å². The lowest BCUT2D eigenvalue weighted by Crippen LogP contribution is -2.16. The van der Waals surface area contributed by atoms with Crippen molar-refractivity contribution >= 4 is 39.2 Å². The molecule has 0 saturated carbocycles. The highest BCUT2D eigenvalue weighted by Gasteiger charge is 2.23. The summed E-state index contributed by atoms with van der Waals surface area (Å²) in [6.45, 7) is 0.593. The minimum atomic E-state index is -0.953. The van der Waals surface area contributed by atoms with Crippen molar-refractivity contribution < 1.29 is 18.3 Å². The smallest absolute Gasteiger partial charge is 0.261 e. The average Bonchev–Trinajstić information content (AvgIpc) is 3.42. The summed E-state index contributed by atoms with van der Waals surface area (Å²) in [6, 6.07) is 6.15. The number of rotatable bonds is 3. The first-order valence-electron chi connectivity index (χ1n) is 8.95. The van der Waals surface area contributed by atoms with Crippen LogP contribution in [0, 0.1) is 11.6 Å². The van der Waals surface area contributed by atoms with Crippen LogP contribution in [0.3, 0.4) is 0 Å². The van der Waals surface area contributed by atoms with Gasteiger partial charge < -0.3 is 10.1 Å². The highest BCUT2D eigenvalue weighted by Crippen LogP contribution is 2.30. The van der Waals surface area contributed by atoms with Crippen molar-refractivity contribution in [3.05, 3.63) is 59.4 Å². The standard InChI is InChI=1S/C20H15F2N5O2/c1-27-15-8-13(21)17(18(22)12(15)9-23-27)20(28)24-10-4-5-14-11(7-10)19(26-25-14)16-3-2-6-29-16/h3-5,7-9H,2,6H2,1H3,(H,24,28)(H,25,26). The van der Waals surface area contributed by atoms with Crippen LogP contribution in [0.1, 0.15) is 22.5 Å². The number of aromatic nitrogens is 4. The number of carbonyl (C=O) groups excluding carboxylic acids is 1. The number of benzene rings is 2. The number of anilines is 1. The molecule has 4 aromatic rings. The van der Waals surface area contributed by atoms with Crippen LogP contribution in [0.25, 0.3) is 27.6 Å². The van der Waals surface area contributed by atoms with Gasteiger partial charge in [-0.3, -0.25) is 14.6 Å². The van der Waals surface area contributed by atoms with Crippen molar-refractivity contribution in [3.63, 3.8) is 0 Å². The van der Waals surface area contributed by atoms with Crippen LogP contribution in [0.4, 0.5) is 14.5 Å². The maximum Gasteiger partial charge on any atom is 0.261 e. The summed E-state index contributed by atoms with van der Waals surface area (Å²) >= 11 is 0. The van der Waals surface area contributed by atoms with Gasteiger partial charge in [0.05, 0.1) is 29.2 Å². The number of H-pyrrole nitrogens is 1. The third-order valence-electron chi connectivity index (χ3n) is 4.93.